The second-order valence-electron chi connectivity index (χ2n) is 12.8. The van der Waals surface area contributed by atoms with E-state index in [4.69, 9.17) is 0 Å². The SMILES string of the molecule is CC(C)(C)C1=CCC=C(P(c2ccc(N(c3ccccc3)c3ccccc3)cc2)c2ccc(C(C)(C)C)cc2)C=C1. The van der Waals surface area contributed by atoms with Crippen molar-refractivity contribution in [1.29, 1.82) is 0 Å². The minimum atomic E-state index is -0.707. The van der Waals surface area contributed by atoms with E-state index in [0.29, 0.717) is 0 Å². The number of hydrogen-bond acceptors (Lipinski definition) is 1. The molecular formula is C39H42NP. The zero-order chi connectivity index (χ0) is 29.0. The molecule has 1 aliphatic rings. The first-order chi connectivity index (χ1) is 19.6. The number of para-hydroxylation sites is 2. The molecular weight excluding hydrogens is 513 g/mol. The monoisotopic (exact) mass is 555 g/mol. The molecule has 1 nitrogen and oxygen atoms in total. The molecule has 0 fully saturated rings. The van der Waals surface area contributed by atoms with E-state index in [9.17, 15) is 0 Å². The summed E-state index contributed by atoms with van der Waals surface area (Å²) in [7, 11) is -0.707. The summed E-state index contributed by atoms with van der Waals surface area (Å²) < 4.78 is 0. The van der Waals surface area contributed by atoms with Crippen molar-refractivity contribution < 1.29 is 0 Å². The maximum absolute atomic E-state index is 2.44. The Hall–Kier alpha value is -3.67. The van der Waals surface area contributed by atoms with Gasteiger partial charge in [0.05, 0.1) is 0 Å². The summed E-state index contributed by atoms with van der Waals surface area (Å²) >= 11 is 0. The third-order valence-corrected chi connectivity index (χ3v) is 10.1. The van der Waals surface area contributed by atoms with Crippen LogP contribution in [0.3, 0.4) is 0 Å². The molecule has 0 radical (unpaired) electrons. The quantitative estimate of drug-likeness (QED) is 0.214. The molecule has 2 heteroatoms. The van der Waals surface area contributed by atoms with Gasteiger partial charge in [-0.25, -0.2) is 0 Å². The van der Waals surface area contributed by atoms with Crippen LogP contribution in [0.5, 0.6) is 0 Å². The number of benzene rings is 4. The van der Waals surface area contributed by atoms with Crippen molar-refractivity contribution in [2.45, 2.75) is 53.4 Å². The Morgan fingerprint density at radius 2 is 1.00 bits per heavy atom. The number of nitrogens with zero attached hydrogens (tertiary/aromatic N) is 1. The molecule has 0 N–H and O–H groups in total. The fourth-order valence-electron chi connectivity index (χ4n) is 5.25. The molecule has 41 heavy (non-hydrogen) atoms. The summed E-state index contributed by atoms with van der Waals surface area (Å²) in [5.74, 6) is 0. The summed E-state index contributed by atoms with van der Waals surface area (Å²) in [6.45, 7) is 13.7. The smallest absolute Gasteiger partial charge is 0.0462 e. The van der Waals surface area contributed by atoms with Crippen LogP contribution in [0.25, 0.3) is 0 Å². The summed E-state index contributed by atoms with van der Waals surface area (Å²) in [5.41, 5.74) is 6.51. The van der Waals surface area contributed by atoms with Crippen LogP contribution in [0, 0.1) is 5.41 Å². The lowest BCUT2D eigenvalue weighted by Gasteiger charge is -2.27. The van der Waals surface area contributed by atoms with Crippen molar-refractivity contribution in [3.63, 3.8) is 0 Å². The lowest BCUT2D eigenvalue weighted by Crippen LogP contribution is -2.16. The van der Waals surface area contributed by atoms with Crippen LogP contribution in [0.15, 0.2) is 144 Å². The van der Waals surface area contributed by atoms with Crippen LogP contribution in [-0.2, 0) is 5.41 Å². The Bertz CT molecular complexity index is 1490. The summed E-state index contributed by atoms with van der Waals surface area (Å²) in [6, 6.07) is 39.9. The Kier molecular flexibility index (Phi) is 8.48. The van der Waals surface area contributed by atoms with E-state index in [1.165, 1.54) is 27.1 Å². The standard InChI is InChI=1S/C39H42NP/c1-38(2,3)30-14-13-19-35(25-20-30)41(36-26-21-31(22-27-36)39(4,5)6)37-28-23-34(24-29-37)40(32-15-9-7-10-16-32)33-17-11-8-12-18-33/h7-12,14-29H,13H2,1-6H3. The van der Waals surface area contributed by atoms with E-state index >= 15 is 0 Å². The minimum Gasteiger partial charge on any atom is -0.311 e. The molecule has 1 aliphatic carbocycles. The highest BCUT2D eigenvalue weighted by atomic mass is 31.1. The molecule has 208 valence electrons. The first kappa shape index (κ1) is 28.8. The largest absolute Gasteiger partial charge is 0.311 e. The van der Waals surface area contributed by atoms with Gasteiger partial charge >= 0.3 is 0 Å². The molecule has 0 saturated heterocycles. The molecule has 5 rings (SSSR count). The summed E-state index contributed by atoms with van der Waals surface area (Å²) in [5, 5.41) is 4.16. The van der Waals surface area contributed by atoms with Gasteiger partial charge in [-0.2, -0.15) is 0 Å². The van der Waals surface area contributed by atoms with Gasteiger partial charge in [0.1, 0.15) is 0 Å². The van der Waals surface area contributed by atoms with Crippen molar-refractivity contribution in [3.8, 4) is 0 Å². The summed E-state index contributed by atoms with van der Waals surface area (Å²) in [4.78, 5) is 2.33. The van der Waals surface area contributed by atoms with E-state index in [2.05, 4.69) is 180 Å². The Labute approximate surface area is 248 Å². The molecule has 4 aromatic rings. The van der Waals surface area contributed by atoms with Crippen molar-refractivity contribution in [3.05, 3.63) is 150 Å². The van der Waals surface area contributed by atoms with Crippen LogP contribution in [0.1, 0.15) is 53.5 Å². The molecule has 0 heterocycles. The van der Waals surface area contributed by atoms with Gasteiger partial charge in [0.25, 0.3) is 0 Å². The lowest BCUT2D eigenvalue weighted by molar-refractivity contribution is 0.515. The van der Waals surface area contributed by atoms with Gasteiger partial charge in [0.2, 0.25) is 0 Å². The Morgan fingerprint density at radius 1 is 0.512 bits per heavy atom. The highest BCUT2D eigenvalue weighted by Crippen LogP contribution is 2.46. The average molecular weight is 556 g/mol. The van der Waals surface area contributed by atoms with E-state index in [-0.39, 0.29) is 10.8 Å². The topological polar surface area (TPSA) is 3.24 Å². The zero-order valence-corrected chi connectivity index (χ0v) is 26.2. The van der Waals surface area contributed by atoms with Crippen molar-refractivity contribution in [1.82, 2.24) is 0 Å². The van der Waals surface area contributed by atoms with E-state index in [1.807, 2.05) is 0 Å². The van der Waals surface area contributed by atoms with Crippen LogP contribution >= 0.6 is 7.92 Å². The third kappa shape index (κ3) is 6.80. The third-order valence-electron chi connectivity index (χ3n) is 7.61. The number of rotatable bonds is 6. The zero-order valence-electron chi connectivity index (χ0n) is 25.3. The molecule has 0 saturated carbocycles. The molecule has 0 aliphatic heterocycles. The number of allylic oxidation sites excluding steroid dienone is 6. The van der Waals surface area contributed by atoms with Crippen LogP contribution in [0.4, 0.5) is 17.1 Å². The second kappa shape index (κ2) is 12.1. The number of hydrogen-bond donors (Lipinski definition) is 0. The van der Waals surface area contributed by atoms with E-state index in [0.717, 1.165) is 23.5 Å². The summed E-state index contributed by atoms with van der Waals surface area (Å²) in [6.07, 6.45) is 10.5. The normalized spacial score (nSPS) is 14.6. The molecule has 0 aromatic heterocycles. The first-order valence-electron chi connectivity index (χ1n) is 14.6. The Balaban J connectivity index is 1.56. The highest BCUT2D eigenvalue weighted by Gasteiger charge is 2.22. The maximum Gasteiger partial charge on any atom is 0.0462 e. The molecule has 0 spiro atoms. The molecule has 0 amide bonds. The molecule has 1 unspecified atom stereocenters. The van der Waals surface area contributed by atoms with Gasteiger partial charge < -0.3 is 4.90 Å². The van der Waals surface area contributed by atoms with Gasteiger partial charge in [0.15, 0.2) is 0 Å². The minimum absolute atomic E-state index is 0.133. The highest BCUT2D eigenvalue weighted by molar-refractivity contribution is 7.77. The van der Waals surface area contributed by atoms with Gasteiger partial charge in [-0.3, -0.25) is 0 Å². The fraction of sp³-hybridized carbons (Fsp3) is 0.231. The lowest BCUT2D eigenvalue weighted by atomic mass is 9.86. The molecule has 4 aromatic carbocycles. The van der Waals surface area contributed by atoms with Crippen LogP contribution in [0.2, 0.25) is 0 Å². The van der Waals surface area contributed by atoms with Crippen molar-refractivity contribution >= 4 is 35.6 Å². The number of anilines is 3. The van der Waals surface area contributed by atoms with Crippen molar-refractivity contribution in [2.24, 2.45) is 5.41 Å². The van der Waals surface area contributed by atoms with Crippen LogP contribution < -0.4 is 15.5 Å². The predicted octanol–water partition coefficient (Wildman–Crippen LogP) is 10.7. The van der Waals surface area contributed by atoms with Gasteiger partial charge in [0, 0.05) is 17.1 Å². The van der Waals surface area contributed by atoms with Gasteiger partial charge in [-0.15, -0.1) is 0 Å². The maximum atomic E-state index is 2.44. The van der Waals surface area contributed by atoms with Gasteiger partial charge in [-0.05, 0) is 88.6 Å². The average Bonchev–Trinajstić information content (AvgIpc) is 3.22. The van der Waals surface area contributed by atoms with Crippen LogP contribution in [-0.4, -0.2) is 0 Å². The Morgan fingerprint density at radius 3 is 1.49 bits per heavy atom. The van der Waals surface area contributed by atoms with Crippen molar-refractivity contribution in [2.75, 3.05) is 4.90 Å². The van der Waals surface area contributed by atoms with E-state index < -0.39 is 7.92 Å². The molecule has 1 atom stereocenters. The second-order valence-corrected chi connectivity index (χ2v) is 15.0. The fourth-order valence-corrected chi connectivity index (χ4v) is 7.55. The first-order valence-corrected chi connectivity index (χ1v) is 16.0. The molecule has 0 bridgehead atoms. The van der Waals surface area contributed by atoms with E-state index in [1.54, 1.807) is 0 Å². The van der Waals surface area contributed by atoms with Gasteiger partial charge in [-0.1, -0.05) is 139 Å². The predicted molar refractivity (Wildman–Crippen MR) is 182 cm³/mol.